The van der Waals surface area contributed by atoms with E-state index < -0.39 is 0 Å². The molecule has 3 aromatic rings. The first-order valence-electron chi connectivity index (χ1n) is 9.15. The van der Waals surface area contributed by atoms with Crippen molar-refractivity contribution in [2.75, 3.05) is 13.3 Å². The standard InChI is InChI=1S/C21H19N3O4/c25-15-3-1-2-14(8-15)16-9-24(10-17-21(16)23-11-22-17)20(26)7-13-4-5-18-19(6-13)28-12-27-18/h1-6,8,11,16,25H,7,9-10,12H2,(H,22,23). The van der Waals surface area contributed by atoms with Crippen LogP contribution in [-0.2, 0) is 17.8 Å². The molecule has 2 aliphatic heterocycles. The Morgan fingerprint density at radius 1 is 1.21 bits per heavy atom. The smallest absolute Gasteiger partial charge is 0.231 e. The summed E-state index contributed by atoms with van der Waals surface area (Å²) in [5, 5.41) is 9.86. The highest BCUT2D eigenvalue weighted by Gasteiger charge is 2.31. The van der Waals surface area contributed by atoms with Gasteiger partial charge in [-0.05, 0) is 35.4 Å². The number of aromatic hydroxyl groups is 1. The lowest BCUT2D eigenvalue weighted by Gasteiger charge is -2.32. The number of imidazole rings is 1. The summed E-state index contributed by atoms with van der Waals surface area (Å²) in [6, 6.07) is 12.7. The summed E-state index contributed by atoms with van der Waals surface area (Å²) in [7, 11) is 0. The van der Waals surface area contributed by atoms with Gasteiger partial charge in [0.1, 0.15) is 5.75 Å². The molecule has 1 unspecified atom stereocenters. The van der Waals surface area contributed by atoms with E-state index >= 15 is 0 Å². The van der Waals surface area contributed by atoms with E-state index in [0.717, 1.165) is 22.5 Å². The molecule has 28 heavy (non-hydrogen) atoms. The fourth-order valence-electron chi connectivity index (χ4n) is 3.85. The topological polar surface area (TPSA) is 87.7 Å². The largest absolute Gasteiger partial charge is 0.508 e. The number of carbonyl (C=O) groups excluding carboxylic acids is 1. The quantitative estimate of drug-likeness (QED) is 0.732. The van der Waals surface area contributed by atoms with Gasteiger partial charge >= 0.3 is 0 Å². The number of fused-ring (bicyclic) bond motifs is 2. The molecule has 0 saturated heterocycles. The number of rotatable bonds is 3. The van der Waals surface area contributed by atoms with Crippen LogP contribution < -0.4 is 9.47 Å². The zero-order valence-electron chi connectivity index (χ0n) is 15.1. The lowest BCUT2D eigenvalue weighted by Crippen LogP contribution is -2.39. The zero-order chi connectivity index (χ0) is 19.1. The number of aromatic nitrogens is 2. The van der Waals surface area contributed by atoms with Gasteiger partial charge in [-0.3, -0.25) is 4.79 Å². The first-order chi connectivity index (χ1) is 13.7. The zero-order valence-corrected chi connectivity index (χ0v) is 15.1. The van der Waals surface area contributed by atoms with Gasteiger partial charge in [-0.2, -0.15) is 0 Å². The van der Waals surface area contributed by atoms with Gasteiger partial charge in [0, 0.05) is 12.5 Å². The number of hydrogen-bond donors (Lipinski definition) is 2. The summed E-state index contributed by atoms with van der Waals surface area (Å²) < 4.78 is 10.7. The van der Waals surface area contributed by atoms with Crippen molar-refractivity contribution in [3.8, 4) is 17.2 Å². The van der Waals surface area contributed by atoms with Gasteiger partial charge in [0.25, 0.3) is 0 Å². The number of phenolic OH excluding ortho intramolecular Hbond substituents is 1. The average Bonchev–Trinajstić information content (AvgIpc) is 3.35. The number of phenols is 1. The molecular weight excluding hydrogens is 358 g/mol. The molecule has 7 nitrogen and oxygen atoms in total. The molecule has 142 valence electrons. The molecule has 7 heteroatoms. The average molecular weight is 377 g/mol. The van der Waals surface area contributed by atoms with Crippen LogP contribution in [0.4, 0.5) is 0 Å². The highest BCUT2D eigenvalue weighted by atomic mass is 16.7. The molecule has 5 rings (SSSR count). The molecule has 0 aliphatic carbocycles. The molecule has 1 atom stereocenters. The first kappa shape index (κ1) is 16.7. The molecule has 2 aromatic carbocycles. The number of hydrogen-bond acceptors (Lipinski definition) is 5. The Kier molecular flexibility index (Phi) is 3.93. The van der Waals surface area contributed by atoms with Gasteiger partial charge in [0.2, 0.25) is 12.7 Å². The highest BCUT2D eigenvalue weighted by molar-refractivity contribution is 5.79. The summed E-state index contributed by atoms with van der Waals surface area (Å²) >= 11 is 0. The number of aromatic amines is 1. The van der Waals surface area contributed by atoms with Gasteiger partial charge in [-0.1, -0.05) is 18.2 Å². The van der Waals surface area contributed by atoms with Crippen LogP contribution in [0.25, 0.3) is 0 Å². The number of carbonyl (C=O) groups is 1. The number of benzene rings is 2. The molecule has 2 aliphatic rings. The van der Waals surface area contributed by atoms with E-state index in [-0.39, 0.29) is 30.8 Å². The van der Waals surface area contributed by atoms with Crippen LogP contribution in [0.15, 0.2) is 48.8 Å². The van der Waals surface area contributed by atoms with Crippen molar-refractivity contribution >= 4 is 5.91 Å². The molecule has 1 aromatic heterocycles. The fraction of sp³-hybridized carbons (Fsp3) is 0.238. The van der Waals surface area contributed by atoms with Gasteiger partial charge in [0.15, 0.2) is 11.5 Å². The van der Waals surface area contributed by atoms with E-state index in [2.05, 4.69) is 9.97 Å². The van der Waals surface area contributed by atoms with E-state index in [9.17, 15) is 9.90 Å². The molecule has 2 N–H and O–H groups in total. The van der Waals surface area contributed by atoms with Crippen LogP contribution in [0.2, 0.25) is 0 Å². The fourth-order valence-corrected chi connectivity index (χ4v) is 3.85. The maximum absolute atomic E-state index is 13.0. The minimum absolute atomic E-state index is 0.0317. The Bertz CT molecular complexity index is 1050. The van der Waals surface area contributed by atoms with E-state index in [4.69, 9.17) is 9.47 Å². The van der Waals surface area contributed by atoms with E-state index in [1.807, 2.05) is 35.2 Å². The van der Waals surface area contributed by atoms with Gasteiger partial charge in [-0.25, -0.2) is 4.98 Å². The summed E-state index contributed by atoms with van der Waals surface area (Å²) in [4.78, 5) is 22.5. The second-order valence-electron chi connectivity index (χ2n) is 7.05. The number of amides is 1. The minimum atomic E-state index is -0.0807. The Morgan fingerprint density at radius 3 is 3.00 bits per heavy atom. The van der Waals surface area contributed by atoms with Crippen molar-refractivity contribution in [2.24, 2.45) is 0 Å². The molecule has 1 amide bonds. The van der Waals surface area contributed by atoms with Crippen LogP contribution in [0.5, 0.6) is 17.2 Å². The van der Waals surface area contributed by atoms with Crippen molar-refractivity contribution in [3.63, 3.8) is 0 Å². The van der Waals surface area contributed by atoms with E-state index in [1.54, 1.807) is 18.5 Å². The monoisotopic (exact) mass is 377 g/mol. The van der Waals surface area contributed by atoms with E-state index in [1.165, 1.54) is 0 Å². The summed E-state index contributed by atoms with van der Waals surface area (Å²) in [6.45, 7) is 1.23. The third-order valence-electron chi connectivity index (χ3n) is 5.25. The van der Waals surface area contributed by atoms with Crippen molar-refractivity contribution in [3.05, 3.63) is 71.3 Å². The lowest BCUT2D eigenvalue weighted by atomic mass is 9.90. The Balaban J connectivity index is 1.39. The van der Waals surface area contributed by atoms with Crippen LogP contribution in [0, 0.1) is 0 Å². The number of nitrogens with zero attached hydrogens (tertiary/aromatic N) is 2. The third kappa shape index (κ3) is 2.94. The van der Waals surface area contributed by atoms with Crippen molar-refractivity contribution in [1.29, 1.82) is 0 Å². The third-order valence-corrected chi connectivity index (χ3v) is 5.25. The molecule has 0 bridgehead atoms. The van der Waals surface area contributed by atoms with Gasteiger partial charge in [0.05, 0.1) is 30.7 Å². The highest BCUT2D eigenvalue weighted by Crippen LogP contribution is 2.34. The predicted octanol–water partition coefficient (Wildman–Crippen LogP) is 2.56. The minimum Gasteiger partial charge on any atom is -0.508 e. The SMILES string of the molecule is O=C(Cc1ccc2c(c1)OCO2)N1Cc2[nH]cnc2C(c2cccc(O)c2)C1. The summed E-state index contributed by atoms with van der Waals surface area (Å²) in [5.74, 6) is 1.54. The molecule has 0 saturated carbocycles. The molecular formula is C21H19N3O4. The predicted molar refractivity (Wildman–Crippen MR) is 100 cm³/mol. The number of ether oxygens (including phenoxy) is 2. The van der Waals surface area contributed by atoms with Crippen LogP contribution >= 0.6 is 0 Å². The number of H-pyrrole nitrogens is 1. The van der Waals surface area contributed by atoms with Crippen LogP contribution in [0.3, 0.4) is 0 Å². The van der Waals surface area contributed by atoms with Crippen LogP contribution in [0.1, 0.15) is 28.4 Å². The molecule has 0 fully saturated rings. The Labute approximate surface area is 161 Å². The number of nitrogens with one attached hydrogen (secondary N) is 1. The van der Waals surface area contributed by atoms with Crippen molar-refractivity contribution < 1.29 is 19.4 Å². The Morgan fingerprint density at radius 2 is 2.11 bits per heavy atom. The van der Waals surface area contributed by atoms with Crippen molar-refractivity contribution in [1.82, 2.24) is 14.9 Å². The summed E-state index contributed by atoms with van der Waals surface area (Å²) in [5.41, 5.74) is 3.68. The van der Waals surface area contributed by atoms with Crippen LogP contribution in [-0.4, -0.2) is 39.2 Å². The van der Waals surface area contributed by atoms with Gasteiger partial charge < -0.3 is 24.5 Å². The Hall–Kier alpha value is -3.48. The van der Waals surface area contributed by atoms with Gasteiger partial charge in [-0.15, -0.1) is 0 Å². The molecule has 0 spiro atoms. The first-order valence-corrected chi connectivity index (χ1v) is 9.15. The molecule has 3 heterocycles. The second kappa shape index (κ2) is 6.60. The van der Waals surface area contributed by atoms with E-state index in [0.29, 0.717) is 24.6 Å². The van der Waals surface area contributed by atoms with Crippen molar-refractivity contribution in [2.45, 2.75) is 18.9 Å². The molecule has 0 radical (unpaired) electrons. The summed E-state index contributed by atoms with van der Waals surface area (Å²) in [6.07, 6.45) is 1.94. The maximum atomic E-state index is 13.0. The maximum Gasteiger partial charge on any atom is 0.231 e. The lowest BCUT2D eigenvalue weighted by molar-refractivity contribution is -0.131. The second-order valence-corrected chi connectivity index (χ2v) is 7.05. The normalized spacial score (nSPS) is 17.4.